The Morgan fingerprint density at radius 3 is 2.29 bits per heavy atom. The summed E-state index contributed by atoms with van der Waals surface area (Å²) < 4.78 is 0. The van der Waals surface area contributed by atoms with Gasteiger partial charge in [0.2, 0.25) is 0 Å². The van der Waals surface area contributed by atoms with Crippen LogP contribution in [0.4, 0.5) is 5.69 Å². The molecule has 0 bridgehead atoms. The fourth-order valence-electron chi connectivity index (χ4n) is 2.15. The standard InChI is InChI=1S/C15H20N2/c1-15(2,3)13-10-17(11-13)14-6-4-12(5-7-14)8-9-16/h4-7,13H,8,10-11H2,1-3H3. The van der Waals surface area contributed by atoms with Gasteiger partial charge in [0.25, 0.3) is 0 Å². The molecule has 1 saturated heterocycles. The Kier molecular flexibility index (Phi) is 3.11. The summed E-state index contributed by atoms with van der Waals surface area (Å²) in [5.41, 5.74) is 2.80. The van der Waals surface area contributed by atoms with Crippen LogP contribution in [0, 0.1) is 22.7 Å². The van der Waals surface area contributed by atoms with Crippen molar-refractivity contribution in [2.24, 2.45) is 11.3 Å². The summed E-state index contributed by atoms with van der Waals surface area (Å²) in [4.78, 5) is 2.41. The molecule has 0 N–H and O–H groups in total. The number of rotatable bonds is 2. The van der Waals surface area contributed by atoms with Crippen molar-refractivity contribution in [1.82, 2.24) is 0 Å². The molecular formula is C15H20N2. The molecule has 0 radical (unpaired) electrons. The van der Waals surface area contributed by atoms with Gasteiger partial charge in [0.15, 0.2) is 0 Å². The predicted octanol–water partition coefficient (Wildman–Crippen LogP) is 3.23. The van der Waals surface area contributed by atoms with Crippen molar-refractivity contribution >= 4 is 5.69 Å². The van der Waals surface area contributed by atoms with Gasteiger partial charge in [-0.15, -0.1) is 0 Å². The van der Waals surface area contributed by atoms with E-state index < -0.39 is 0 Å². The third kappa shape index (κ3) is 2.61. The molecule has 0 amide bonds. The number of anilines is 1. The molecule has 0 unspecified atom stereocenters. The first kappa shape index (κ1) is 12.0. The maximum absolute atomic E-state index is 8.62. The highest BCUT2D eigenvalue weighted by atomic mass is 15.2. The molecule has 0 saturated carbocycles. The van der Waals surface area contributed by atoms with Gasteiger partial charge in [-0.25, -0.2) is 0 Å². The second-order valence-electron chi connectivity index (χ2n) is 5.97. The lowest BCUT2D eigenvalue weighted by molar-refractivity contribution is 0.195. The van der Waals surface area contributed by atoms with E-state index in [1.54, 1.807) is 0 Å². The van der Waals surface area contributed by atoms with Gasteiger partial charge in [0.05, 0.1) is 12.5 Å². The number of benzene rings is 1. The molecule has 0 atom stereocenters. The topological polar surface area (TPSA) is 27.0 Å². The maximum atomic E-state index is 8.62. The van der Waals surface area contributed by atoms with Crippen LogP contribution in [0.3, 0.4) is 0 Å². The molecule has 1 aliphatic heterocycles. The Balaban J connectivity index is 1.96. The predicted molar refractivity (Wildman–Crippen MR) is 70.9 cm³/mol. The molecule has 0 spiro atoms. The van der Waals surface area contributed by atoms with Gasteiger partial charge in [0, 0.05) is 18.8 Å². The van der Waals surface area contributed by atoms with E-state index in [1.807, 2.05) is 0 Å². The number of hydrogen-bond donors (Lipinski definition) is 0. The highest BCUT2D eigenvalue weighted by Crippen LogP contribution is 2.36. The fourth-order valence-corrected chi connectivity index (χ4v) is 2.15. The molecule has 2 nitrogen and oxygen atoms in total. The Morgan fingerprint density at radius 1 is 1.24 bits per heavy atom. The minimum atomic E-state index is 0.414. The molecular weight excluding hydrogens is 208 g/mol. The highest BCUT2D eigenvalue weighted by Gasteiger charge is 2.35. The van der Waals surface area contributed by atoms with Crippen LogP contribution in [-0.2, 0) is 6.42 Å². The van der Waals surface area contributed by atoms with E-state index in [-0.39, 0.29) is 0 Å². The Hall–Kier alpha value is -1.49. The smallest absolute Gasteiger partial charge is 0.0669 e. The van der Waals surface area contributed by atoms with Crippen molar-refractivity contribution in [1.29, 1.82) is 5.26 Å². The average Bonchev–Trinajstić information content (AvgIpc) is 2.16. The Bertz CT molecular complexity index is 414. The molecule has 1 aromatic carbocycles. The third-order valence-corrected chi connectivity index (χ3v) is 3.69. The molecule has 2 heteroatoms. The first-order chi connectivity index (χ1) is 8.00. The van der Waals surface area contributed by atoms with E-state index in [0.29, 0.717) is 11.8 Å². The lowest BCUT2D eigenvalue weighted by Gasteiger charge is -2.47. The minimum absolute atomic E-state index is 0.414. The minimum Gasteiger partial charge on any atom is -0.371 e. The molecule has 1 heterocycles. The van der Waals surface area contributed by atoms with Gasteiger partial charge in [-0.2, -0.15) is 5.26 Å². The maximum Gasteiger partial charge on any atom is 0.0669 e. The Labute approximate surface area is 104 Å². The largest absolute Gasteiger partial charge is 0.371 e. The lowest BCUT2D eigenvalue weighted by Crippen LogP contribution is -2.52. The zero-order valence-electron chi connectivity index (χ0n) is 10.9. The van der Waals surface area contributed by atoms with Crippen LogP contribution in [0.25, 0.3) is 0 Å². The van der Waals surface area contributed by atoms with Gasteiger partial charge in [0.1, 0.15) is 0 Å². The molecule has 2 rings (SSSR count). The monoisotopic (exact) mass is 228 g/mol. The number of nitriles is 1. The zero-order valence-corrected chi connectivity index (χ0v) is 10.9. The van der Waals surface area contributed by atoms with Gasteiger partial charge in [-0.1, -0.05) is 32.9 Å². The van der Waals surface area contributed by atoms with Crippen LogP contribution in [0.5, 0.6) is 0 Å². The summed E-state index contributed by atoms with van der Waals surface area (Å²) in [6, 6.07) is 10.6. The van der Waals surface area contributed by atoms with Crippen molar-refractivity contribution in [3.63, 3.8) is 0 Å². The van der Waals surface area contributed by atoms with Crippen molar-refractivity contribution in [3.8, 4) is 6.07 Å². The summed E-state index contributed by atoms with van der Waals surface area (Å²) in [6.07, 6.45) is 0.505. The Morgan fingerprint density at radius 2 is 1.82 bits per heavy atom. The number of hydrogen-bond acceptors (Lipinski definition) is 2. The van der Waals surface area contributed by atoms with Crippen LogP contribution >= 0.6 is 0 Å². The molecule has 0 aromatic heterocycles. The van der Waals surface area contributed by atoms with E-state index >= 15 is 0 Å². The van der Waals surface area contributed by atoms with Crippen LogP contribution < -0.4 is 4.90 Å². The van der Waals surface area contributed by atoms with Crippen molar-refractivity contribution in [3.05, 3.63) is 29.8 Å². The van der Waals surface area contributed by atoms with Gasteiger partial charge in [-0.3, -0.25) is 0 Å². The third-order valence-electron chi connectivity index (χ3n) is 3.69. The molecule has 0 aliphatic carbocycles. The van der Waals surface area contributed by atoms with Gasteiger partial charge < -0.3 is 4.90 Å². The average molecular weight is 228 g/mol. The summed E-state index contributed by atoms with van der Waals surface area (Å²) >= 11 is 0. The summed E-state index contributed by atoms with van der Waals surface area (Å²) in [7, 11) is 0. The second kappa shape index (κ2) is 4.41. The summed E-state index contributed by atoms with van der Waals surface area (Å²) in [6.45, 7) is 9.24. The van der Waals surface area contributed by atoms with Crippen molar-refractivity contribution in [2.75, 3.05) is 18.0 Å². The van der Waals surface area contributed by atoms with Gasteiger partial charge >= 0.3 is 0 Å². The SMILES string of the molecule is CC(C)(C)C1CN(c2ccc(CC#N)cc2)C1. The zero-order chi connectivity index (χ0) is 12.5. The summed E-state index contributed by atoms with van der Waals surface area (Å²) in [5, 5.41) is 8.62. The second-order valence-corrected chi connectivity index (χ2v) is 5.97. The van der Waals surface area contributed by atoms with Crippen molar-refractivity contribution in [2.45, 2.75) is 27.2 Å². The highest BCUT2D eigenvalue weighted by molar-refractivity contribution is 5.50. The number of nitrogens with zero attached hydrogens (tertiary/aromatic N) is 2. The van der Waals surface area contributed by atoms with E-state index in [0.717, 1.165) is 24.6 Å². The van der Waals surface area contributed by atoms with Crippen LogP contribution in [-0.4, -0.2) is 13.1 Å². The quantitative estimate of drug-likeness (QED) is 0.777. The molecule has 1 aromatic rings. The van der Waals surface area contributed by atoms with Crippen LogP contribution in [0.2, 0.25) is 0 Å². The lowest BCUT2D eigenvalue weighted by atomic mass is 9.76. The van der Waals surface area contributed by atoms with Crippen LogP contribution in [0.15, 0.2) is 24.3 Å². The summed E-state index contributed by atoms with van der Waals surface area (Å²) in [5.74, 6) is 0.793. The van der Waals surface area contributed by atoms with E-state index in [1.165, 1.54) is 5.69 Å². The molecule has 1 fully saturated rings. The van der Waals surface area contributed by atoms with E-state index in [9.17, 15) is 0 Å². The van der Waals surface area contributed by atoms with Crippen LogP contribution in [0.1, 0.15) is 26.3 Å². The first-order valence-corrected chi connectivity index (χ1v) is 6.21. The van der Waals surface area contributed by atoms with Gasteiger partial charge in [-0.05, 0) is 29.0 Å². The molecule has 17 heavy (non-hydrogen) atoms. The first-order valence-electron chi connectivity index (χ1n) is 6.21. The fraction of sp³-hybridized carbons (Fsp3) is 0.533. The van der Waals surface area contributed by atoms with E-state index in [2.05, 4.69) is 56.0 Å². The normalized spacial score (nSPS) is 16.5. The van der Waals surface area contributed by atoms with E-state index in [4.69, 9.17) is 5.26 Å². The van der Waals surface area contributed by atoms with Crippen molar-refractivity contribution < 1.29 is 0 Å². The molecule has 90 valence electrons. The molecule has 1 aliphatic rings.